The lowest BCUT2D eigenvalue weighted by atomic mass is 9.88. The average Bonchev–Trinajstić information content (AvgIpc) is 3.14. The van der Waals surface area contributed by atoms with E-state index in [1.807, 2.05) is 6.20 Å². The van der Waals surface area contributed by atoms with Crippen LogP contribution in [0.25, 0.3) is 0 Å². The molecule has 0 spiro atoms. The van der Waals surface area contributed by atoms with E-state index in [-0.39, 0.29) is 0 Å². The third-order valence-corrected chi connectivity index (χ3v) is 5.63. The molecule has 0 saturated carbocycles. The van der Waals surface area contributed by atoms with E-state index in [0.717, 1.165) is 13.1 Å². The van der Waals surface area contributed by atoms with Crippen LogP contribution in [0.5, 0.6) is 0 Å². The van der Waals surface area contributed by atoms with Crippen LogP contribution in [0.4, 0.5) is 0 Å². The first-order valence-electron chi connectivity index (χ1n) is 9.63. The monoisotopic (exact) mass is 345 g/mol. The van der Waals surface area contributed by atoms with Crippen LogP contribution in [0, 0.1) is 6.92 Å². The summed E-state index contributed by atoms with van der Waals surface area (Å²) in [5.41, 5.74) is 5.42. The van der Waals surface area contributed by atoms with Gasteiger partial charge in [-0.3, -0.25) is 5.10 Å². The molecular formula is C23H27N3. The predicted molar refractivity (Wildman–Crippen MR) is 106 cm³/mol. The van der Waals surface area contributed by atoms with E-state index in [4.69, 9.17) is 0 Å². The summed E-state index contributed by atoms with van der Waals surface area (Å²) in [6.07, 6.45) is 4.45. The Morgan fingerprint density at radius 1 is 1.04 bits per heavy atom. The van der Waals surface area contributed by atoms with Gasteiger partial charge >= 0.3 is 0 Å². The first-order valence-corrected chi connectivity index (χ1v) is 9.63. The maximum absolute atomic E-state index is 4.23. The van der Waals surface area contributed by atoms with Crippen molar-refractivity contribution >= 4 is 0 Å². The highest BCUT2D eigenvalue weighted by atomic mass is 15.2. The molecule has 1 saturated heterocycles. The zero-order valence-corrected chi connectivity index (χ0v) is 15.4. The Bertz CT molecular complexity index is 770. The lowest BCUT2D eigenvalue weighted by molar-refractivity contribution is 0.200. The van der Waals surface area contributed by atoms with Gasteiger partial charge in [0.1, 0.15) is 0 Å². The SMILES string of the molecule is Cc1cn[nH]c1[C@@H]1CCCN(CC(c2ccccc2)c2ccccc2)C1. The molecule has 0 amide bonds. The summed E-state index contributed by atoms with van der Waals surface area (Å²) in [5, 5.41) is 7.47. The maximum atomic E-state index is 4.23. The third kappa shape index (κ3) is 3.73. The van der Waals surface area contributed by atoms with E-state index in [9.17, 15) is 0 Å². The molecular weight excluding hydrogens is 318 g/mol. The maximum Gasteiger partial charge on any atom is 0.0519 e. The molecule has 3 nitrogen and oxygen atoms in total. The molecule has 4 rings (SSSR count). The molecule has 2 aromatic carbocycles. The number of benzene rings is 2. The number of likely N-dealkylation sites (tertiary alicyclic amines) is 1. The Kier molecular flexibility index (Phi) is 5.16. The van der Waals surface area contributed by atoms with E-state index in [1.54, 1.807) is 0 Å². The predicted octanol–water partition coefficient (Wildman–Crippen LogP) is 4.73. The van der Waals surface area contributed by atoms with Gasteiger partial charge in [-0.15, -0.1) is 0 Å². The molecule has 1 N–H and O–H groups in total. The Hall–Kier alpha value is -2.39. The largest absolute Gasteiger partial charge is 0.302 e. The minimum atomic E-state index is 0.416. The van der Waals surface area contributed by atoms with Gasteiger partial charge in [0.25, 0.3) is 0 Å². The van der Waals surface area contributed by atoms with E-state index >= 15 is 0 Å². The molecule has 3 heteroatoms. The standard InChI is InChI=1S/C23H27N3/c1-18-15-24-25-23(18)21-13-8-14-26(16-21)17-22(19-9-4-2-5-10-19)20-11-6-3-7-12-20/h2-7,9-12,15,21-22H,8,13-14,16-17H2,1H3,(H,24,25)/t21-/m1/s1. The van der Waals surface area contributed by atoms with Gasteiger partial charge in [-0.05, 0) is 43.0 Å². The van der Waals surface area contributed by atoms with E-state index < -0.39 is 0 Å². The van der Waals surface area contributed by atoms with Crippen molar-refractivity contribution in [3.63, 3.8) is 0 Å². The number of hydrogen-bond donors (Lipinski definition) is 1. The van der Waals surface area contributed by atoms with Crippen LogP contribution >= 0.6 is 0 Å². The molecule has 0 bridgehead atoms. The molecule has 1 aliphatic rings. The number of nitrogens with one attached hydrogen (secondary N) is 1. The second-order valence-electron chi connectivity index (χ2n) is 7.44. The van der Waals surface area contributed by atoms with E-state index in [0.29, 0.717) is 11.8 Å². The topological polar surface area (TPSA) is 31.9 Å². The molecule has 134 valence electrons. The zero-order valence-electron chi connectivity index (χ0n) is 15.4. The highest BCUT2D eigenvalue weighted by Crippen LogP contribution is 2.31. The molecule has 1 aliphatic heterocycles. The molecule has 1 aromatic heterocycles. The van der Waals surface area contributed by atoms with Crippen LogP contribution in [0.1, 0.15) is 47.1 Å². The van der Waals surface area contributed by atoms with Crippen molar-refractivity contribution in [1.82, 2.24) is 15.1 Å². The number of aromatic amines is 1. The van der Waals surface area contributed by atoms with Gasteiger partial charge in [0.15, 0.2) is 0 Å². The van der Waals surface area contributed by atoms with Gasteiger partial charge in [0, 0.05) is 30.6 Å². The Morgan fingerprint density at radius 3 is 2.27 bits per heavy atom. The lowest BCUT2D eigenvalue weighted by Gasteiger charge is -2.35. The van der Waals surface area contributed by atoms with E-state index in [2.05, 4.69) is 82.7 Å². The number of aromatic nitrogens is 2. The van der Waals surface area contributed by atoms with Crippen LogP contribution in [0.15, 0.2) is 66.9 Å². The number of nitrogens with zero attached hydrogens (tertiary/aromatic N) is 2. The average molecular weight is 345 g/mol. The van der Waals surface area contributed by atoms with Crippen LogP contribution in [-0.4, -0.2) is 34.7 Å². The zero-order chi connectivity index (χ0) is 17.8. The van der Waals surface area contributed by atoms with Gasteiger partial charge in [-0.2, -0.15) is 5.10 Å². The smallest absolute Gasteiger partial charge is 0.0519 e. The van der Waals surface area contributed by atoms with Crippen LogP contribution in [-0.2, 0) is 0 Å². The van der Waals surface area contributed by atoms with Crippen LogP contribution < -0.4 is 0 Å². The van der Waals surface area contributed by atoms with Gasteiger partial charge in [-0.1, -0.05) is 60.7 Å². The summed E-state index contributed by atoms with van der Waals surface area (Å²) < 4.78 is 0. The van der Waals surface area contributed by atoms with Gasteiger partial charge in [-0.25, -0.2) is 0 Å². The van der Waals surface area contributed by atoms with Gasteiger partial charge in [0.2, 0.25) is 0 Å². The van der Waals surface area contributed by atoms with Crippen molar-refractivity contribution in [2.45, 2.75) is 31.6 Å². The molecule has 0 unspecified atom stereocenters. The number of aryl methyl sites for hydroxylation is 1. The minimum Gasteiger partial charge on any atom is -0.302 e. The third-order valence-electron chi connectivity index (χ3n) is 5.63. The number of piperidine rings is 1. The van der Waals surface area contributed by atoms with E-state index in [1.165, 1.54) is 41.8 Å². The van der Waals surface area contributed by atoms with Crippen molar-refractivity contribution in [1.29, 1.82) is 0 Å². The van der Waals surface area contributed by atoms with Gasteiger partial charge in [0.05, 0.1) is 6.20 Å². The summed E-state index contributed by atoms with van der Waals surface area (Å²) in [6.45, 7) is 5.52. The Balaban J connectivity index is 1.55. The Morgan fingerprint density at radius 2 is 1.69 bits per heavy atom. The fraction of sp³-hybridized carbons (Fsp3) is 0.348. The fourth-order valence-corrected chi connectivity index (χ4v) is 4.26. The minimum absolute atomic E-state index is 0.416. The van der Waals surface area contributed by atoms with Gasteiger partial charge < -0.3 is 4.90 Å². The number of H-pyrrole nitrogens is 1. The molecule has 1 fully saturated rings. The second kappa shape index (κ2) is 7.88. The van der Waals surface area contributed by atoms with Crippen molar-refractivity contribution in [2.75, 3.05) is 19.6 Å². The second-order valence-corrected chi connectivity index (χ2v) is 7.44. The quantitative estimate of drug-likeness (QED) is 0.725. The molecule has 2 heterocycles. The summed E-state index contributed by atoms with van der Waals surface area (Å²) >= 11 is 0. The fourth-order valence-electron chi connectivity index (χ4n) is 4.26. The van der Waals surface area contributed by atoms with Crippen molar-refractivity contribution in [3.05, 3.63) is 89.2 Å². The first-order chi connectivity index (χ1) is 12.8. The van der Waals surface area contributed by atoms with Crippen LogP contribution in [0.2, 0.25) is 0 Å². The molecule has 3 aromatic rings. The first kappa shape index (κ1) is 17.0. The molecule has 0 aliphatic carbocycles. The highest BCUT2D eigenvalue weighted by molar-refractivity contribution is 5.33. The number of hydrogen-bond acceptors (Lipinski definition) is 2. The van der Waals surface area contributed by atoms with Crippen molar-refractivity contribution in [2.24, 2.45) is 0 Å². The summed E-state index contributed by atoms with van der Waals surface area (Å²) in [7, 11) is 0. The summed E-state index contributed by atoms with van der Waals surface area (Å²) in [4.78, 5) is 2.64. The van der Waals surface area contributed by atoms with Crippen molar-refractivity contribution < 1.29 is 0 Å². The number of rotatable bonds is 5. The highest BCUT2D eigenvalue weighted by Gasteiger charge is 2.26. The summed E-state index contributed by atoms with van der Waals surface area (Å²) in [5.74, 6) is 0.984. The summed E-state index contributed by atoms with van der Waals surface area (Å²) in [6, 6.07) is 21.9. The van der Waals surface area contributed by atoms with Crippen LogP contribution in [0.3, 0.4) is 0 Å². The molecule has 0 radical (unpaired) electrons. The van der Waals surface area contributed by atoms with Crippen molar-refractivity contribution in [3.8, 4) is 0 Å². The lowest BCUT2D eigenvalue weighted by Crippen LogP contribution is -2.37. The normalized spacial score (nSPS) is 18.3. The Labute approximate surface area is 156 Å². The molecule has 1 atom stereocenters. The molecule has 26 heavy (non-hydrogen) atoms.